The number of carbonyl (C=O) groups is 1. The van der Waals surface area contributed by atoms with Crippen molar-refractivity contribution in [3.05, 3.63) is 58.3 Å². The van der Waals surface area contributed by atoms with Crippen LogP contribution in [0.4, 0.5) is 5.69 Å². The van der Waals surface area contributed by atoms with Crippen LogP contribution < -0.4 is 11.1 Å². The summed E-state index contributed by atoms with van der Waals surface area (Å²) in [6, 6.07) is 8.85. The van der Waals surface area contributed by atoms with Crippen LogP contribution in [0.3, 0.4) is 0 Å². The highest BCUT2D eigenvalue weighted by molar-refractivity contribution is 9.10. The van der Waals surface area contributed by atoms with Crippen LogP contribution in [0.1, 0.15) is 28.9 Å². The molecule has 0 fully saturated rings. The number of hydrogen-bond acceptors (Lipinski definition) is 3. The number of nitrogens with one attached hydrogen (secondary N) is 1. The van der Waals surface area contributed by atoms with Crippen LogP contribution in [0, 0.1) is 0 Å². The fraction of sp³-hybridized carbons (Fsp3) is 0.143. The van der Waals surface area contributed by atoms with Crippen LogP contribution in [0.15, 0.2) is 47.2 Å². The molecule has 0 aliphatic carbocycles. The molecule has 4 nitrogen and oxygen atoms in total. The van der Waals surface area contributed by atoms with E-state index in [4.69, 9.17) is 5.73 Å². The van der Waals surface area contributed by atoms with E-state index in [1.807, 2.05) is 19.1 Å². The van der Waals surface area contributed by atoms with Gasteiger partial charge in [-0.15, -0.1) is 0 Å². The molecule has 1 amide bonds. The molecule has 3 N–H and O–H groups in total. The van der Waals surface area contributed by atoms with Crippen LogP contribution in [0.2, 0.25) is 0 Å². The average Bonchev–Trinajstić information content (AvgIpc) is 2.42. The van der Waals surface area contributed by atoms with Gasteiger partial charge in [0.15, 0.2) is 0 Å². The number of benzene rings is 1. The Bertz CT molecular complexity index is 586. The third-order valence-corrected chi connectivity index (χ3v) is 3.29. The van der Waals surface area contributed by atoms with Gasteiger partial charge in [0.1, 0.15) is 0 Å². The highest BCUT2D eigenvalue weighted by Crippen LogP contribution is 2.19. The maximum absolute atomic E-state index is 12.2. The Labute approximate surface area is 120 Å². The summed E-state index contributed by atoms with van der Waals surface area (Å²) in [4.78, 5) is 16.2. The zero-order chi connectivity index (χ0) is 13.8. The number of nitrogens with zero attached hydrogens (tertiary/aromatic N) is 1. The van der Waals surface area contributed by atoms with Gasteiger partial charge in [-0.25, -0.2) is 0 Å². The molecule has 1 heterocycles. The van der Waals surface area contributed by atoms with Crippen LogP contribution >= 0.6 is 15.9 Å². The highest BCUT2D eigenvalue weighted by atomic mass is 79.9. The number of aromatic nitrogens is 1. The van der Waals surface area contributed by atoms with Gasteiger partial charge in [-0.1, -0.05) is 22.0 Å². The molecule has 0 aliphatic heterocycles. The lowest BCUT2D eigenvalue weighted by Gasteiger charge is -2.15. The normalized spacial score (nSPS) is 11.9. The predicted molar refractivity (Wildman–Crippen MR) is 78.7 cm³/mol. The largest absolute Gasteiger partial charge is 0.398 e. The molecule has 1 atom stereocenters. The molecule has 1 aromatic carbocycles. The zero-order valence-corrected chi connectivity index (χ0v) is 12.0. The van der Waals surface area contributed by atoms with Gasteiger partial charge in [-0.2, -0.15) is 0 Å². The Morgan fingerprint density at radius 2 is 2.21 bits per heavy atom. The minimum Gasteiger partial charge on any atom is -0.398 e. The van der Waals surface area contributed by atoms with Gasteiger partial charge in [-0.05, 0) is 36.8 Å². The molecule has 0 bridgehead atoms. The van der Waals surface area contributed by atoms with Gasteiger partial charge < -0.3 is 11.1 Å². The molecule has 0 saturated heterocycles. The van der Waals surface area contributed by atoms with Gasteiger partial charge in [0.25, 0.3) is 5.91 Å². The van der Waals surface area contributed by atoms with E-state index < -0.39 is 0 Å². The second-order valence-corrected chi connectivity index (χ2v) is 5.13. The van der Waals surface area contributed by atoms with Gasteiger partial charge in [0, 0.05) is 22.6 Å². The van der Waals surface area contributed by atoms with Crippen molar-refractivity contribution in [3.63, 3.8) is 0 Å². The monoisotopic (exact) mass is 319 g/mol. The third-order valence-electron chi connectivity index (χ3n) is 2.79. The van der Waals surface area contributed by atoms with Crippen molar-refractivity contribution in [1.82, 2.24) is 10.3 Å². The summed E-state index contributed by atoms with van der Waals surface area (Å²) in [7, 11) is 0. The van der Waals surface area contributed by atoms with Crippen LogP contribution in [-0.2, 0) is 0 Å². The molecule has 2 rings (SSSR count). The fourth-order valence-corrected chi connectivity index (χ4v) is 2.08. The van der Waals surface area contributed by atoms with Gasteiger partial charge in [0.2, 0.25) is 0 Å². The second-order valence-electron chi connectivity index (χ2n) is 4.21. The number of carbonyl (C=O) groups excluding carboxylic acids is 1. The smallest absolute Gasteiger partial charge is 0.253 e. The summed E-state index contributed by atoms with van der Waals surface area (Å²) in [5.74, 6) is -0.199. The summed E-state index contributed by atoms with van der Waals surface area (Å²) < 4.78 is 0.820. The summed E-state index contributed by atoms with van der Waals surface area (Å²) in [6.45, 7) is 1.91. The number of pyridine rings is 1. The van der Waals surface area contributed by atoms with Crippen molar-refractivity contribution < 1.29 is 4.79 Å². The van der Waals surface area contributed by atoms with Crippen molar-refractivity contribution in [2.75, 3.05) is 5.73 Å². The zero-order valence-electron chi connectivity index (χ0n) is 10.4. The quantitative estimate of drug-likeness (QED) is 0.855. The van der Waals surface area contributed by atoms with E-state index in [1.54, 1.807) is 30.6 Å². The van der Waals surface area contributed by atoms with Gasteiger partial charge >= 0.3 is 0 Å². The SMILES string of the molecule is C[C@H](NC(=O)c1cc(Br)ccc1N)c1cccnc1. The minimum absolute atomic E-state index is 0.125. The molecular weight excluding hydrogens is 306 g/mol. The van der Waals surface area contributed by atoms with Gasteiger partial charge in [-0.3, -0.25) is 9.78 Å². The number of nitrogens with two attached hydrogens (primary N) is 1. The summed E-state index contributed by atoms with van der Waals surface area (Å²) in [6.07, 6.45) is 3.43. The lowest BCUT2D eigenvalue weighted by atomic mass is 10.1. The summed E-state index contributed by atoms with van der Waals surface area (Å²) in [5.41, 5.74) is 7.68. The van der Waals surface area contributed by atoms with E-state index >= 15 is 0 Å². The number of amides is 1. The van der Waals surface area contributed by atoms with E-state index in [0.717, 1.165) is 10.0 Å². The standard InChI is InChI=1S/C14H14BrN3O/c1-9(10-3-2-6-17-8-10)18-14(19)12-7-11(15)4-5-13(12)16/h2-9H,16H2,1H3,(H,18,19)/t9-/m0/s1. The Morgan fingerprint density at radius 3 is 2.89 bits per heavy atom. The number of anilines is 1. The summed E-state index contributed by atoms with van der Waals surface area (Å²) in [5, 5.41) is 2.90. The minimum atomic E-state index is -0.199. The Balaban J connectivity index is 2.15. The van der Waals surface area contributed by atoms with Crippen molar-refractivity contribution in [2.24, 2.45) is 0 Å². The number of halogens is 1. The van der Waals surface area contributed by atoms with Crippen molar-refractivity contribution >= 4 is 27.5 Å². The first-order chi connectivity index (χ1) is 9.08. The number of hydrogen-bond donors (Lipinski definition) is 2. The Morgan fingerprint density at radius 1 is 1.42 bits per heavy atom. The first-order valence-electron chi connectivity index (χ1n) is 5.83. The maximum Gasteiger partial charge on any atom is 0.253 e. The lowest BCUT2D eigenvalue weighted by molar-refractivity contribution is 0.0940. The Hall–Kier alpha value is -1.88. The molecule has 0 unspecified atom stereocenters. The van der Waals surface area contributed by atoms with E-state index in [-0.39, 0.29) is 11.9 Å². The third kappa shape index (κ3) is 3.32. The van der Waals surface area contributed by atoms with Crippen LogP contribution in [0.5, 0.6) is 0 Å². The molecule has 0 radical (unpaired) electrons. The van der Waals surface area contributed by atoms with E-state index in [1.165, 1.54) is 0 Å². The maximum atomic E-state index is 12.2. The molecule has 1 aromatic heterocycles. The first-order valence-corrected chi connectivity index (χ1v) is 6.63. The molecule has 19 heavy (non-hydrogen) atoms. The van der Waals surface area contributed by atoms with Crippen molar-refractivity contribution in [1.29, 1.82) is 0 Å². The van der Waals surface area contributed by atoms with Gasteiger partial charge in [0.05, 0.1) is 11.6 Å². The van der Waals surface area contributed by atoms with Crippen LogP contribution in [-0.4, -0.2) is 10.9 Å². The topological polar surface area (TPSA) is 68.0 Å². The fourth-order valence-electron chi connectivity index (χ4n) is 1.71. The summed E-state index contributed by atoms with van der Waals surface area (Å²) >= 11 is 3.33. The average molecular weight is 320 g/mol. The molecule has 98 valence electrons. The van der Waals surface area contributed by atoms with Crippen molar-refractivity contribution in [2.45, 2.75) is 13.0 Å². The van der Waals surface area contributed by atoms with E-state index in [9.17, 15) is 4.79 Å². The van der Waals surface area contributed by atoms with Crippen molar-refractivity contribution in [3.8, 4) is 0 Å². The molecule has 5 heteroatoms. The van der Waals surface area contributed by atoms with E-state index in [0.29, 0.717) is 11.3 Å². The van der Waals surface area contributed by atoms with Crippen LogP contribution in [0.25, 0.3) is 0 Å². The second kappa shape index (κ2) is 5.84. The lowest BCUT2D eigenvalue weighted by Crippen LogP contribution is -2.27. The van der Waals surface area contributed by atoms with E-state index in [2.05, 4.69) is 26.2 Å². The highest BCUT2D eigenvalue weighted by Gasteiger charge is 2.14. The number of rotatable bonds is 3. The Kier molecular flexibility index (Phi) is 4.16. The first kappa shape index (κ1) is 13.5. The molecule has 2 aromatic rings. The number of nitrogen functional groups attached to an aromatic ring is 1. The molecule has 0 aliphatic rings. The predicted octanol–water partition coefficient (Wildman–Crippen LogP) is 2.92. The molecule has 0 saturated carbocycles. The molecule has 0 spiro atoms. The molecular formula is C14H14BrN3O.